The fourth-order valence-corrected chi connectivity index (χ4v) is 3.58. The van der Waals surface area contributed by atoms with E-state index < -0.39 is 0 Å². The minimum Gasteiger partial charge on any atom is -0.497 e. The third kappa shape index (κ3) is 4.66. The predicted molar refractivity (Wildman–Crippen MR) is 106 cm³/mol. The van der Waals surface area contributed by atoms with Crippen molar-refractivity contribution in [2.75, 3.05) is 44.7 Å². The van der Waals surface area contributed by atoms with Gasteiger partial charge in [-0.2, -0.15) is 0 Å². The number of hydrogen-bond donors (Lipinski definition) is 1. The molecule has 6 heteroatoms. The second-order valence-corrected chi connectivity index (χ2v) is 6.95. The Kier molecular flexibility index (Phi) is 6.17. The summed E-state index contributed by atoms with van der Waals surface area (Å²) in [6, 6.07) is 12.5. The minimum absolute atomic E-state index is 0.749. The summed E-state index contributed by atoms with van der Waals surface area (Å²) in [5.74, 6) is 1.92. The van der Waals surface area contributed by atoms with Crippen LogP contribution in [0, 0.1) is 0 Å². The highest BCUT2D eigenvalue weighted by molar-refractivity contribution is 7.09. The van der Waals surface area contributed by atoms with Gasteiger partial charge in [0.15, 0.2) is 5.96 Å². The molecule has 5 nitrogen and oxygen atoms in total. The predicted octanol–water partition coefficient (Wildman–Crippen LogP) is 3.04. The van der Waals surface area contributed by atoms with Gasteiger partial charge in [-0.25, -0.2) is 4.99 Å². The zero-order valence-corrected chi connectivity index (χ0v) is 15.8. The Morgan fingerprint density at radius 2 is 1.92 bits per heavy atom. The summed E-state index contributed by atoms with van der Waals surface area (Å²) in [6.45, 7) is 7.70. The van der Waals surface area contributed by atoms with Gasteiger partial charge in [-0.15, -0.1) is 11.3 Å². The van der Waals surface area contributed by atoms with Gasteiger partial charge in [0.2, 0.25) is 0 Å². The maximum atomic E-state index is 5.24. The fourth-order valence-electron chi connectivity index (χ4n) is 2.95. The average molecular weight is 359 g/mol. The van der Waals surface area contributed by atoms with E-state index in [4.69, 9.17) is 9.73 Å². The normalized spacial score (nSPS) is 15.4. The smallest absolute Gasteiger partial charge is 0.194 e. The standard InChI is InChI=1S/C19H26N4OS/c1-3-20-19(21-15-18-5-4-14-25-18)23-12-10-22(11-13-23)16-6-8-17(24-2)9-7-16/h4-9,14H,3,10-13,15H2,1-2H3,(H,20,21). The second-order valence-electron chi connectivity index (χ2n) is 5.92. The first-order chi connectivity index (χ1) is 12.3. The van der Waals surface area contributed by atoms with Crippen LogP contribution in [-0.2, 0) is 6.54 Å². The Morgan fingerprint density at radius 3 is 2.52 bits per heavy atom. The number of thiophene rings is 1. The summed E-state index contributed by atoms with van der Waals surface area (Å²) in [4.78, 5) is 10.9. The van der Waals surface area contributed by atoms with Crippen molar-refractivity contribution >= 4 is 23.0 Å². The third-order valence-corrected chi connectivity index (χ3v) is 5.18. The lowest BCUT2D eigenvalue weighted by atomic mass is 10.2. The van der Waals surface area contributed by atoms with E-state index in [2.05, 4.69) is 51.7 Å². The van der Waals surface area contributed by atoms with Gasteiger partial charge in [-0.05, 0) is 42.6 Å². The second kappa shape index (κ2) is 8.76. The first kappa shape index (κ1) is 17.6. The Bertz CT molecular complexity index is 661. The van der Waals surface area contributed by atoms with Crippen LogP contribution in [0.2, 0.25) is 0 Å². The Labute approximate surface area is 153 Å². The lowest BCUT2D eigenvalue weighted by Gasteiger charge is -2.37. The largest absolute Gasteiger partial charge is 0.497 e. The SMILES string of the molecule is CCNC(=NCc1cccs1)N1CCN(c2ccc(OC)cc2)CC1. The molecule has 0 aliphatic carbocycles. The summed E-state index contributed by atoms with van der Waals surface area (Å²) in [6.07, 6.45) is 0. The highest BCUT2D eigenvalue weighted by Gasteiger charge is 2.19. The molecule has 134 valence electrons. The van der Waals surface area contributed by atoms with Crippen molar-refractivity contribution in [2.24, 2.45) is 4.99 Å². The van der Waals surface area contributed by atoms with Crippen LogP contribution >= 0.6 is 11.3 Å². The molecule has 0 atom stereocenters. The van der Waals surface area contributed by atoms with Crippen LogP contribution in [0.1, 0.15) is 11.8 Å². The van der Waals surface area contributed by atoms with Crippen molar-refractivity contribution in [2.45, 2.75) is 13.5 Å². The van der Waals surface area contributed by atoms with Gasteiger partial charge in [-0.3, -0.25) is 0 Å². The summed E-state index contributed by atoms with van der Waals surface area (Å²) in [5.41, 5.74) is 1.25. The van der Waals surface area contributed by atoms with Crippen molar-refractivity contribution in [1.82, 2.24) is 10.2 Å². The maximum Gasteiger partial charge on any atom is 0.194 e. The molecule has 3 rings (SSSR count). The maximum absolute atomic E-state index is 5.24. The van der Waals surface area contributed by atoms with Gasteiger partial charge < -0.3 is 19.9 Å². The highest BCUT2D eigenvalue weighted by atomic mass is 32.1. The number of aliphatic imine (C=N–C) groups is 1. The fraction of sp³-hybridized carbons (Fsp3) is 0.421. The number of piperazine rings is 1. The molecule has 0 bridgehead atoms. The van der Waals surface area contributed by atoms with Gasteiger partial charge in [0.1, 0.15) is 5.75 Å². The van der Waals surface area contributed by atoms with Crippen LogP contribution in [0.5, 0.6) is 5.75 Å². The van der Waals surface area contributed by atoms with Crippen LogP contribution in [-0.4, -0.2) is 50.7 Å². The average Bonchev–Trinajstić information content (AvgIpc) is 3.19. The lowest BCUT2D eigenvalue weighted by molar-refractivity contribution is 0.372. The Hall–Kier alpha value is -2.21. The van der Waals surface area contributed by atoms with Crippen LogP contribution in [0.25, 0.3) is 0 Å². The van der Waals surface area contributed by atoms with Crippen LogP contribution in [0.3, 0.4) is 0 Å². The number of methoxy groups -OCH3 is 1. The molecule has 2 heterocycles. The molecule has 0 amide bonds. The zero-order chi connectivity index (χ0) is 17.5. The third-order valence-electron chi connectivity index (χ3n) is 4.32. The molecule has 0 unspecified atom stereocenters. The summed E-state index contributed by atoms with van der Waals surface area (Å²) in [7, 11) is 1.70. The number of benzene rings is 1. The van der Waals surface area contributed by atoms with Crippen LogP contribution in [0.4, 0.5) is 5.69 Å². The molecular weight excluding hydrogens is 332 g/mol. The number of nitrogens with one attached hydrogen (secondary N) is 1. The minimum atomic E-state index is 0.749. The number of rotatable bonds is 5. The van der Waals surface area contributed by atoms with Gasteiger partial charge >= 0.3 is 0 Å². The number of anilines is 1. The van der Waals surface area contributed by atoms with Gasteiger partial charge in [0.05, 0.1) is 13.7 Å². The van der Waals surface area contributed by atoms with E-state index in [1.165, 1.54) is 10.6 Å². The van der Waals surface area contributed by atoms with Crippen molar-refractivity contribution in [3.05, 3.63) is 46.7 Å². The first-order valence-corrected chi connectivity index (χ1v) is 9.62. The van der Waals surface area contributed by atoms with E-state index in [1.807, 2.05) is 12.1 Å². The van der Waals surface area contributed by atoms with Crippen molar-refractivity contribution in [1.29, 1.82) is 0 Å². The topological polar surface area (TPSA) is 40.1 Å². The van der Waals surface area contributed by atoms with Gasteiger partial charge in [0.25, 0.3) is 0 Å². The number of hydrogen-bond acceptors (Lipinski definition) is 4. The molecule has 1 aliphatic heterocycles. The van der Waals surface area contributed by atoms with Crippen molar-refractivity contribution in [3.63, 3.8) is 0 Å². The van der Waals surface area contributed by atoms with E-state index in [-0.39, 0.29) is 0 Å². The number of ether oxygens (including phenoxy) is 1. The molecule has 25 heavy (non-hydrogen) atoms. The Morgan fingerprint density at radius 1 is 1.16 bits per heavy atom. The monoisotopic (exact) mass is 358 g/mol. The molecule has 1 fully saturated rings. The van der Waals surface area contributed by atoms with E-state index in [0.717, 1.165) is 51.0 Å². The molecule has 1 N–H and O–H groups in total. The van der Waals surface area contributed by atoms with Crippen molar-refractivity contribution < 1.29 is 4.74 Å². The van der Waals surface area contributed by atoms with Crippen LogP contribution in [0.15, 0.2) is 46.8 Å². The molecule has 0 radical (unpaired) electrons. The first-order valence-electron chi connectivity index (χ1n) is 8.75. The Balaban J connectivity index is 1.59. The molecular formula is C19H26N4OS. The summed E-state index contributed by atoms with van der Waals surface area (Å²) < 4.78 is 5.24. The molecule has 1 aliphatic rings. The lowest BCUT2D eigenvalue weighted by Crippen LogP contribution is -2.52. The van der Waals surface area contributed by atoms with E-state index in [1.54, 1.807) is 18.4 Å². The highest BCUT2D eigenvalue weighted by Crippen LogP contribution is 2.20. The quantitative estimate of drug-likeness (QED) is 0.659. The molecule has 0 spiro atoms. The molecule has 1 saturated heterocycles. The molecule has 0 saturated carbocycles. The number of guanidine groups is 1. The van der Waals surface area contributed by atoms with Gasteiger partial charge in [0, 0.05) is 43.3 Å². The molecule has 1 aromatic heterocycles. The van der Waals surface area contributed by atoms with E-state index in [9.17, 15) is 0 Å². The van der Waals surface area contributed by atoms with E-state index in [0.29, 0.717) is 0 Å². The summed E-state index contributed by atoms with van der Waals surface area (Å²) >= 11 is 1.76. The number of nitrogens with zero attached hydrogens (tertiary/aromatic N) is 3. The molecule has 1 aromatic carbocycles. The zero-order valence-electron chi connectivity index (χ0n) is 14.9. The summed E-state index contributed by atoms with van der Waals surface area (Å²) in [5, 5.41) is 5.53. The molecule has 2 aromatic rings. The van der Waals surface area contributed by atoms with Gasteiger partial charge in [-0.1, -0.05) is 6.07 Å². The van der Waals surface area contributed by atoms with Crippen LogP contribution < -0.4 is 15.0 Å². The van der Waals surface area contributed by atoms with Crippen molar-refractivity contribution in [3.8, 4) is 5.75 Å². The van der Waals surface area contributed by atoms with E-state index >= 15 is 0 Å².